The fourth-order valence-electron chi connectivity index (χ4n) is 0.789. The van der Waals surface area contributed by atoms with Crippen LogP contribution < -0.4 is 10.9 Å². The number of hydrogen-bond acceptors (Lipinski definition) is 2. The molecule has 0 saturated heterocycles. The zero-order valence-corrected chi connectivity index (χ0v) is 7.97. The Balaban J connectivity index is 3.32. The maximum Gasteiger partial charge on any atom is 0.252 e. The van der Waals surface area contributed by atoms with Gasteiger partial charge in [-0.15, -0.1) is 0 Å². The minimum absolute atomic E-state index is 0.0162. The third kappa shape index (κ3) is 1.63. The minimum Gasteiger partial charge on any atom is -0.387 e. The van der Waals surface area contributed by atoms with Crippen molar-refractivity contribution in [3.8, 4) is 0 Å². The first kappa shape index (κ1) is 8.33. The number of hydrogen-bond donors (Lipinski definition) is 1. The lowest BCUT2D eigenvalue weighted by molar-refractivity contribution is 0.856. The molecule has 0 fully saturated rings. The molecule has 0 aliphatic rings. The van der Waals surface area contributed by atoms with E-state index in [0.29, 0.717) is 0 Å². The van der Waals surface area contributed by atoms with E-state index in [4.69, 9.17) is 0 Å². The third-order valence-electron chi connectivity index (χ3n) is 1.45. The van der Waals surface area contributed by atoms with Crippen LogP contribution in [0.1, 0.15) is 0 Å². The number of halogens is 1. The number of nitrogens with zero attached hydrogens (tertiary/aromatic N) is 1. The number of pyridine rings is 1. The molecule has 1 aromatic rings. The average molecular weight is 217 g/mol. The summed E-state index contributed by atoms with van der Waals surface area (Å²) < 4.78 is 2.41. The fourth-order valence-corrected chi connectivity index (χ4v) is 1.41. The van der Waals surface area contributed by atoms with Crippen LogP contribution in [0, 0.1) is 0 Å². The van der Waals surface area contributed by atoms with Crippen LogP contribution in [0.15, 0.2) is 21.5 Å². The summed E-state index contributed by atoms with van der Waals surface area (Å²) in [6.07, 6.45) is 1.73. The summed E-state index contributed by atoms with van der Waals surface area (Å²) in [5.74, 6) is 0. The first-order valence-electron chi connectivity index (χ1n) is 3.19. The highest BCUT2D eigenvalue weighted by atomic mass is 79.9. The van der Waals surface area contributed by atoms with Gasteiger partial charge in [-0.05, 0) is 15.9 Å². The molecule has 0 aliphatic heterocycles. The van der Waals surface area contributed by atoms with Gasteiger partial charge in [0, 0.05) is 26.4 Å². The van der Waals surface area contributed by atoms with Gasteiger partial charge < -0.3 is 9.88 Å². The Kier molecular flexibility index (Phi) is 2.34. The Bertz CT molecular complexity index is 319. The second kappa shape index (κ2) is 3.09. The van der Waals surface area contributed by atoms with Gasteiger partial charge in [0.05, 0.1) is 10.2 Å². The van der Waals surface area contributed by atoms with E-state index < -0.39 is 0 Å². The second-order valence-electron chi connectivity index (χ2n) is 2.23. The fraction of sp³-hybridized carbons (Fsp3) is 0.286. The average Bonchev–Trinajstić information content (AvgIpc) is 1.97. The highest BCUT2D eigenvalue weighted by Gasteiger charge is 1.98. The largest absolute Gasteiger partial charge is 0.387 e. The molecule has 3 nitrogen and oxygen atoms in total. The van der Waals surface area contributed by atoms with Crippen LogP contribution in [0.5, 0.6) is 0 Å². The zero-order valence-electron chi connectivity index (χ0n) is 6.39. The highest BCUT2D eigenvalue weighted by Crippen LogP contribution is 2.17. The second-order valence-corrected chi connectivity index (χ2v) is 3.09. The molecule has 0 atom stereocenters. The Morgan fingerprint density at radius 3 is 2.82 bits per heavy atom. The maximum atomic E-state index is 11.1. The lowest BCUT2D eigenvalue weighted by Gasteiger charge is -2.03. The molecule has 1 heterocycles. The Hall–Kier alpha value is -0.770. The van der Waals surface area contributed by atoms with E-state index in [9.17, 15) is 4.79 Å². The van der Waals surface area contributed by atoms with Crippen molar-refractivity contribution in [3.63, 3.8) is 0 Å². The summed E-state index contributed by atoms with van der Waals surface area (Å²) in [4.78, 5) is 11.1. The van der Waals surface area contributed by atoms with Crippen molar-refractivity contribution < 1.29 is 0 Å². The Morgan fingerprint density at radius 2 is 2.27 bits per heavy atom. The van der Waals surface area contributed by atoms with E-state index in [0.717, 1.165) is 10.2 Å². The summed E-state index contributed by atoms with van der Waals surface area (Å²) in [5, 5.41) is 2.90. The first-order valence-corrected chi connectivity index (χ1v) is 3.98. The van der Waals surface area contributed by atoms with Gasteiger partial charge in [-0.3, -0.25) is 4.79 Å². The van der Waals surface area contributed by atoms with Gasteiger partial charge in [-0.2, -0.15) is 0 Å². The number of nitrogens with one attached hydrogen (secondary N) is 1. The van der Waals surface area contributed by atoms with Crippen LogP contribution in [-0.2, 0) is 7.05 Å². The predicted octanol–water partition coefficient (Wildman–Crippen LogP) is 1.19. The zero-order chi connectivity index (χ0) is 8.43. The van der Waals surface area contributed by atoms with Crippen LogP contribution in [0.25, 0.3) is 0 Å². The molecule has 0 saturated carbocycles. The normalized spacial score (nSPS) is 9.73. The molecular formula is C7H9BrN2O. The first-order chi connectivity index (χ1) is 5.15. The van der Waals surface area contributed by atoms with Crippen molar-refractivity contribution in [2.75, 3.05) is 12.4 Å². The van der Waals surface area contributed by atoms with Gasteiger partial charge in [-0.1, -0.05) is 0 Å². The van der Waals surface area contributed by atoms with Crippen LogP contribution >= 0.6 is 15.9 Å². The molecule has 1 rings (SSSR count). The SMILES string of the molecule is CNc1cc(=O)n(C)cc1Br. The van der Waals surface area contributed by atoms with E-state index in [1.54, 1.807) is 26.4 Å². The van der Waals surface area contributed by atoms with Crippen LogP contribution in [-0.4, -0.2) is 11.6 Å². The molecule has 0 aliphatic carbocycles. The number of rotatable bonds is 1. The summed E-state index contributed by atoms with van der Waals surface area (Å²) in [6.45, 7) is 0. The van der Waals surface area contributed by atoms with Crippen molar-refractivity contribution in [3.05, 3.63) is 27.1 Å². The van der Waals surface area contributed by atoms with Crippen molar-refractivity contribution in [1.82, 2.24) is 4.57 Å². The van der Waals surface area contributed by atoms with Gasteiger partial charge >= 0.3 is 0 Å². The van der Waals surface area contributed by atoms with Crippen LogP contribution in [0.2, 0.25) is 0 Å². The standard InChI is InChI=1S/C7H9BrN2O/c1-9-6-3-7(11)10(2)4-5(6)8/h3-4,9H,1-2H3. The smallest absolute Gasteiger partial charge is 0.252 e. The van der Waals surface area contributed by atoms with Gasteiger partial charge in [0.15, 0.2) is 0 Å². The van der Waals surface area contributed by atoms with Gasteiger partial charge in [0.2, 0.25) is 0 Å². The molecule has 1 N–H and O–H groups in total. The van der Waals surface area contributed by atoms with Crippen LogP contribution in [0.4, 0.5) is 5.69 Å². The number of aromatic nitrogens is 1. The quantitative estimate of drug-likeness (QED) is 0.766. The van der Waals surface area contributed by atoms with E-state index >= 15 is 0 Å². The van der Waals surface area contributed by atoms with E-state index in [-0.39, 0.29) is 5.56 Å². The summed E-state index contributed by atoms with van der Waals surface area (Å²) in [5.41, 5.74) is 0.797. The lowest BCUT2D eigenvalue weighted by atomic mass is 10.4. The topological polar surface area (TPSA) is 34.0 Å². The number of anilines is 1. The maximum absolute atomic E-state index is 11.1. The number of aryl methyl sites for hydroxylation is 1. The molecule has 0 spiro atoms. The van der Waals surface area contributed by atoms with Crippen molar-refractivity contribution >= 4 is 21.6 Å². The van der Waals surface area contributed by atoms with Crippen LogP contribution in [0.3, 0.4) is 0 Å². The highest BCUT2D eigenvalue weighted by molar-refractivity contribution is 9.10. The summed E-state index contributed by atoms with van der Waals surface area (Å²) in [7, 11) is 3.49. The Labute approximate surface area is 73.2 Å². The molecule has 0 aromatic carbocycles. The van der Waals surface area contributed by atoms with Gasteiger partial charge in [0.25, 0.3) is 5.56 Å². The molecule has 0 unspecified atom stereocenters. The van der Waals surface area contributed by atoms with Crippen molar-refractivity contribution in [2.45, 2.75) is 0 Å². The Morgan fingerprint density at radius 1 is 1.64 bits per heavy atom. The van der Waals surface area contributed by atoms with Crippen molar-refractivity contribution in [2.24, 2.45) is 7.05 Å². The predicted molar refractivity (Wildman–Crippen MR) is 48.9 cm³/mol. The molecule has 4 heteroatoms. The molecule has 0 amide bonds. The summed E-state index contributed by atoms with van der Waals surface area (Å²) >= 11 is 3.32. The molecule has 0 bridgehead atoms. The molecule has 11 heavy (non-hydrogen) atoms. The van der Waals surface area contributed by atoms with Crippen molar-refractivity contribution in [1.29, 1.82) is 0 Å². The molecule has 60 valence electrons. The molecule has 0 radical (unpaired) electrons. The minimum atomic E-state index is -0.0162. The monoisotopic (exact) mass is 216 g/mol. The summed E-state index contributed by atoms with van der Waals surface area (Å²) in [6, 6.07) is 1.55. The van der Waals surface area contributed by atoms with E-state index in [2.05, 4.69) is 21.2 Å². The van der Waals surface area contributed by atoms with E-state index in [1.165, 1.54) is 4.57 Å². The van der Waals surface area contributed by atoms with Gasteiger partial charge in [-0.25, -0.2) is 0 Å². The molecular weight excluding hydrogens is 208 g/mol. The third-order valence-corrected chi connectivity index (χ3v) is 2.08. The lowest BCUT2D eigenvalue weighted by Crippen LogP contribution is -2.15. The van der Waals surface area contributed by atoms with E-state index in [1.807, 2.05) is 0 Å². The van der Waals surface area contributed by atoms with Gasteiger partial charge in [0.1, 0.15) is 0 Å². The molecule has 1 aromatic heterocycles.